The molecule has 2 aromatic rings. The fourth-order valence-electron chi connectivity index (χ4n) is 2.07. The highest BCUT2D eigenvalue weighted by Gasteiger charge is 2.31. The number of thiol groups is 1. The van der Waals surface area contributed by atoms with Gasteiger partial charge in [-0.25, -0.2) is 13.5 Å². The number of nitrogens with zero attached hydrogens (tertiary/aromatic N) is 1. The number of halogens is 4. The molecule has 0 saturated heterocycles. The molecule has 0 fully saturated rings. The topological polar surface area (TPSA) is 84.7 Å². The van der Waals surface area contributed by atoms with Crippen LogP contribution in [-0.2, 0) is 6.18 Å². The maximum atomic E-state index is 13.5. The van der Waals surface area contributed by atoms with Gasteiger partial charge in [0.05, 0.1) is 17.8 Å². The summed E-state index contributed by atoms with van der Waals surface area (Å²) in [7, 11) is 0. The molecule has 0 aliphatic carbocycles. The van der Waals surface area contributed by atoms with Gasteiger partial charge in [0.15, 0.2) is 11.6 Å². The summed E-state index contributed by atoms with van der Waals surface area (Å²) in [5, 5.41) is 2.40. The second kappa shape index (κ2) is 8.83. The Labute approximate surface area is 162 Å². The summed E-state index contributed by atoms with van der Waals surface area (Å²) in [6.45, 7) is -0.392. The van der Waals surface area contributed by atoms with E-state index in [1.165, 1.54) is 24.3 Å². The lowest BCUT2D eigenvalue weighted by Crippen LogP contribution is -2.36. The molecule has 0 atom stereocenters. The van der Waals surface area contributed by atoms with Gasteiger partial charge in [-0.15, -0.1) is 0 Å². The number of hydrogen-bond acceptors (Lipinski definition) is 4. The third kappa shape index (κ3) is 5.52. The summed E-state index contributed by atoms with van der Waals surface area (Å²) < 4.78 is 57.4. The van der Waals surface area contributed by atoms with Crippen LogP contribution in [0.25, 0.3) is 0 Å². The lowest BCUT2D eigenvalue weighted by molar-refractivity contribution is -0.137. The molecule has 28 heavy (non-hydrogen) atoms. The van der Waals surface area contributed by atoms with Crippen molar-refractivity contribution in [2.45, 2.75) is 6.18 Å². The SMILES string of the molecule is NC(=O)c1ccc(N(S)C(=O)NCCOc2cc(C(F)(F)F)ccc2F)cc1. The van der Waals surface area contributed by atoms with Crippen LogP contribution in [0.5, 0.6) is 5.75 Å². The number of benzene rings is 2. The van der Waals surface area contributed by atoms with E-state index in [2.05, 4.69) is 18.1 Å². The van der Waals surface area contributed by atoms with Gasteiger partial charge < -0.3 is 15.8 Å². The predicted octanol–water partition coefficient (Wildman–Crippen LogP) is 3.38. The number of rotatable bonds is 6. The lowest BCUT2D eigenvalue weighted by atomic mass is 10.2. The quantitative estimate of drug-likeness (QED) is 0.383. The number of primary amides is 1. The Morgan fingerprint density at radius 3 is 2.36 bits per heavy atom. The van der Waals surface area contributed by atoms with Crippen LogP contribution < -0.4 is 20.1 Å². The van der Waals surface area contributed by atoms with E-state index in [0.29, 0.717) is 23.9 Å². The number of ether oxygens (including phenoxy) is 1. The molecular weight excluding hydrogens is 402 g/mol. The van der Waals surface area contributed by atoms with Gasteiger partial charge >= 0.3 is 12.2 Å². The van der Waals surface area contributed by atoms with Crippen LogP contribution in [0.1, 0.15) is 15.9 Å². The van der Waals surface area contributed by atoms with Crippen molar-refractivity contribution in [1.29, 1.82) is 0 Å². The van der Waals surface area contributed by atoms with Gasteiger partial charge in [0.25, 0.3) is 0 Å². The average Bonchev–Trinajstić information content (AvgIpc) is 2.64. The molecular formula is C17H15F4N3O3S. The fraction of sp³-hybridized carbons (Fsp3) is 0.176. The van der Waals surface area contributed by atoms with E-state index in [4.69, 9.17) is 10.5 Å². The summed E-state index contributed by atoms with van der Waals surface area (Å²) in [6, 6.07) is 6.85. The van der Waals surface area contributed by atoms with Crippen molar-refractivity contribution in [2.75, 3.05) is 17.5 Å². The maximum absolute atomic E-state index is 13.5. The van der Waals surface area contributed by atoms with E-state index in [1.54, 1.807) is 0 Å². The summed E-state index contributed by atoms with van der Waals surface area (Å²) in [5.41, 5.74) is 4.67. The van der Waals surface area contributed by atoms with Crippen molar-refractivity contribution >= 4 is 30.4 Å². The minimum Gasteiger partial charge on any atom is -0.489 e. The monoisotopic (exact) mass is 417 g/mol. The molecule has 0 heterocycles. The molecule has 11 heteroatoms. The van der Waals surface area contributed by atoms with Gasteiger partial charge in [-0.3, -0.25) is 4.79 Å². The average molecular weight is 417 g/mol. The summed E-state index contributed by atoms with van der Waals surface area (Å²) in [4.78, 5) is 23.0. The van der Waals surface area contributed by atoms with E-state index in [0.717, 1.165) is 4.31 Å². The number of urea groups is 1. The Hall–Kier alpha value is -2.95. The van der Waals surface area contributed by atoms with Crippen LogP contribution in [0.3, 0.4) is 0 Å². The lowest BCUT2D eigenvalue weighted by Gasteiger charge is -2.17. The van der Waals surface area contributed by atoms with Crippen molar-refractivity contribution in [3.05, 3.63) is 59.4 Å². The summed E-state index contributed by atoms with van der Waals surface area (Å²) in [6.07, 6.45) is -4.63. The number of nitrogens with one attached hydrogen (secondary N) is 1. The first-order chi connectivity index (χ1) is 13.1. The molecule has 0 radical (unpaired) electrons. The zero-order valence-electron chi connectivity index (χ0n) is 14.2. The minimum atomic E-state index is -4.63. The standard InChI is InChI=1S/C17H15F4N3O3S/c18-13-6-3-11(17(19,20)21)9-14(13)27-8-7-23-16(26)24(28)12-4-1-10(2-5-12)15(22)25/h1-6,9,28H,7-8H2,(H2,22,25)(H,23,26). The second-order valence-electron chi connectivity index (χ2n) is 5.45. The molecule has 2 aromatic carbocycles. The summed E-state index contributed by atoms with van der Waals surface area (Å²) >= 11 is 4.01. The van der Waals surface area contributed by atoms with Gasteiger partial charge in [-0.2, -0.15) is 13.2 Å². The van der Waals surface area contributed by atoms with Gasteiger partial charge in [-0.1, -0.05) is 12.8 Å². The van der Waals surface area contributed by atoms with Gasteiger partial charge in [0.1, 0.15) is 6.61 Å². The van der Waals surface area contributed by atoms with E-state index in [9.17, 15) is 27.2 Å². The molecule has 0 unspecified atom stereocenters. The van der Waals surface area contributed by atoms with Crippen LogP contribution in [0, 0.1) is 5.82 Å². The number of alkyl halides is 3. The number of anilines is 1. The number of hydrogen-bond donors (Lipinski definition) is 3. The molecule has 6 nitrogen and oxygen atoms in total. The smallest absolute Gasteiger partial charge is 0.416 e. The molecule has 150 valence electrons. The van der Waals surface area contributed by atoms with Crippen LogP contribution in [0.2, 0.25) is 0 Å². The van der Waals surface area contributed by atoms with E-state index < -0.39 is 35.2 Å². The highest BCUT2D eigenvalue weighted by Crippen LogP contribution is 2.32. The molecule has 2 rings (SSSR count). The van der Waals surface area contributed by atoms with E-state index in [1.807, 2.05) is 0 Å². The molecule has 0 aliphatic heterocycles. The zero-order valence-corrected chi connectivity index (χ0v) is 15.1. The Balaban J connectivity index is 1.88. The molecule has 0 bridgehead atoms. The van der Waals surface area contributed by atoms with Crippen molar-refractivity contribution in [2.24, 2.45) is 5.73 Å². The number of amides is 3. The number of nitrogens with two attached hydrogens (primary N) is 1. The third-order valence-electron chi connectivity index (χ3n) is 3.48. The molecule has 0 saturated carbocycles. The normalized spacial score (nSPS) is 11.0. The van der Waals surface area contributed by atoms with E-state index in [-0.39, 0.29) is 18.7 Å². The third-order valence-corrected chi connectivity index (χ3v) is 3.90. The largest absolute Gasteiger partial charge is 0.489 e. The van der Waals surface area contributed by atoms with Crippen LogP contribution in [0.4, 0.5) is 28.0 Å². The van der Waals surface area contributed by atoms with Gasteiger partial charge in [0, 0.05) is 5.56 Å². The Morgan fingerprint density at radius 1 is 1.14 bits per heavy atom. The van der Waals surface area contributed by atoms with Crippen molar-refractivity contribution < 1.29 is 31.9 Å². The van der Waals surface area contributed by atoms with Crippen LogP contribution in [0.15, 0.2) is 42.5 Å². The Bertz CT molecular complexity index is 860. The summed E-state index contributed by atoms with van der Waals surface area (Å²) in [5.74, 6) is -2.15. The first-order valence-corrected chi connectivity index (χ1v) is 8.16. The molecule has 0 aromatic heterocycles. The first-order valence-electron chi connectivity index (χ1n) is 7.76. The highest BCUT2D eigenvalue weighted by molar-refractivity contribution is 7.82. The van der Waals surface area contributed by atoms with E-state index >= 15 is 0 Å². The molecule has 0 spiro atoms. The zero-order chi connectivity index (χ0) is 20.9. The van der Waals surface area contributed by atoms with Crippen LogP contribution >= 0.6 is 12.8 Å². The Kier molecular flexibility index (Phi) is 6.73. The number of carbonyl (C=O) groups is 2. The first kappa shape index (κ1) is 21.4. The highest BCUT2D eigenvalue weighted by atomic mass is 32.1. The molecule has 0 aliphatic rings. The van der Waals surface area contributed by atoms with Crippen molar-refractivity contribution in [3.8, 4) is 5.75 Å². The fourth-order valence-corrected chi connectivity index (χ4v) is 2.27. The van der Waals surface area contributed by atoms with Crippen molar-refractivity contribution in [3.63, 3.8) is 0 Å². The van der Waals surface area contributed by atoms with Gasteiger partial charge in [0.2, 0.25) is 5.91 Å². The number of carbonyl (C=O) groups excluding carboxylic acids is 2. The predicted molar refractivity (Wildman–Crippen MR) is 96.7 cm³/mol. The van der Waals surface area contributed by atoms with Crippen molar-refractivity contribution in [1.82, 2.24) is 5.32 Å². The minimum absolute atomic E-state index is 0.120. The maximum Gasteiger partial charge on any atom is 0.416 e. The Morgan fingerprint density at radius 2 is 1.79 bits per heavy atom. The molecule has 3 amide bonds. The second-order valence-corrected chi connectivity index (χ2v) is 5.85. The van der Waals surface area contributed by atoms with Crippen LogP contribution in [-0.4, -0.2) is 25.1 Å². The molecule has 3 N–H and O–H groups in total. The van der Waals surface area contributed by atoms with Gasteiger partial charge in [-0.05, 0) is 42.5 Å².